The molecule has 0 atom stereocenters. The number of nitrogens with one attached hydrogen (secondary N) is 1. The second-order valence-electron chi connectivity index (χ2n) is 3.88. The van der Waals surface area contributed by atoms with E-state index in [9.17, 15) is 14.6 Å². The zero-order chi connectivity index (χ0) is 12.9. The largest absolute Gasteiger partial charge is 0.394 e. The topological polar surface area (TPSA) is 76.3 Å². The third-order valence-electron chi connectivity index (χ3n) is 2.78. The molecule has 0 spiro atoms. The lowest BCUT2D eigenvalue weighted by Gasteiger charge is -2.30. The minimum absolute atomic E-state index is 0.0364. The van der Waals surface area contributed by atoms with Crippen LogP contribution in [0.4, 0.5) is 10.1 Å². The number of hydrogen-bond acceptors (Lipinski definition) is 4. The van der Waals surface area contributed by atoms with Crippen LogP contribution in [0.25, 0.3) is 0 Å². The Morgan fingerprint density at radius 3 is 2.47 bits per heavy atom. The van der Waals surface area contributed by atoms with Gasteiger partial charge in [0, 0.05) is 5.69 Å². The van der Waals surface area contributed by atoms with Crippen molar-refractivity contribution in [3.05, 3.63) is 29.6 Å². The molecule has 17 heavy (non-hydrogen) atoms. The Morgan fingerprint density at radius 1 is 1.41 bits per heavy atom. The summed E-state index contributed by atoms with van der Waals surface area (Å²) in [5.74, 6) is -0.626. The monoisotopic (exact) mass is 238 g/mol. The molecule has 1 aromatic carbocycles. The SMILES string of the molecule is CCC(CO)(CO)Nc1ccc(C#N)c(F)c1. The zero-order valence-corrected chi connectivity index (χ0v) is 9.57. The van der Waals surface area contributed by atoms with Crippen molar-refractivity contribution in [2.45, 2.75) is 18.9 Å². The van der Waals surface area contributed by atoms with Crippen molar-refractivity contribution in [1.29, 1.82) is 5.26 Å². The maximum absolute atomic E-state index is 13.3. The highest BCUT2D eigenvalue weighted by atomic mass is 19.1. The molecule has 0 heterocycles. The first kappa shape index (κ1) is 13.4. The molecular weight excluding hydrogens is 223 g/mol. The minimum atomic E-state index is -0.874. The van der Waals surface area contributed by atoms with Gasteiger partial charge in [0.2, 0.25) is 0 Å². The number of hydrogen-bond donors (Lipinski definition) is 3. The van der Waals surface area contributed by atoms with E-state index < -0.39 is 11.4 Å². The molecule has 0 radical (unpaired) electrons. The number of nitriles is 1. The summed E-state index contributed by atoms with van der Waals surface area (Å²) in [4.78, 5) is 0. The summed E-state index contributed by atoms with van der Waals surface area (Å²) < 4.78 is 13.3. The molecule has 0 amide bonds. The molecule has 0 bridgehead atoms. The second-order valence-corrected chi connectivity index (χ2v) is 3.88. The fourth-order valence-corrected chi connectivity index (χ4v) is 1.43. The normalized spacial score (nSPS) is 11.0. The van der Waals surface area contributed by atoms with Gasteiger partial charge in [0.25, 0.3) is 0 Å². The second kappa shape index (κ2) is 5.62. The molecule has 0 fully saturated rings. The van der Waals surface area contributed by atoms with Gasteiger partial charge in [-0.25, -0.2) is 4.39 Å². The van der Waals surface area contributed by atoms with Crippen molar-refractivity contribution in [1.82, 2.24) is 0 Å². The molecule has 0 saturated carbocycles. The summed E-state index contributed by atoms with van der Waals surface area (Å²) in [6, 6.07) is 5.79. The van der Waals surface area contributed by atoms with E-state index in [1.54, 1.807) is 13.0 Å². The average Bonchev–Trinajstić information content (AvgIpc) is 2.36. The smallest absolute Gasteiger partial charge is 0.143 e. The molecule has 1 aromatic rings. The van der Waals surface area contributed by atoms with Crippen LogP contribution in [0.5, 0.6) is 0 Å². The number of anilines is 1. The Morgan fingerprint density at radius 2 is 2.06 bits per heavy atom. The molecule has 5 heteroatoms. The van der Waals surface area contributed by atoms with Gasteiger partial charge in [0.15, 0.2) is 0 Å². The van der Waals surface area contributed by atoms with Crippen molar-refractivity contribution in [3.8, 4) is 6.07 Å². The van der Waals surface area contributed by atoms with Gasteiger partial charge in [-0.1, -0.05) is 6.92 Å². The average molecular weight is 238 g/mol. The van der Waals surface area contributed by atoms with E-state index in [-0.39, 0.29) is 18.8 Å². The van der Waals surface area contributed by atoms with Crippen molar-refractivity contribution in [3.63, 3.8) is 0 Å². The zero-order valence-electron chi connectivity index (χ0n) is 9.57. The van der Waals surface area contributed by atoms with Crippen LogP contribution in [-0.2, 0) is 0 Å². The molecule has 92 valence electrons. The van der Waals surface area contributed by atoms with Gasteiger partial charge in [-0.15, -0.1) is 0 Å². The lowest BCUT2D eigenvalue weighted by Crippen LogP contribution is -2.45. The number of halogens is 1. The molecule has 1 rings (SSSR count). The Labute approximate surface area is 99.3 Å². The van der Waals surface area contributed by atoms with E-state index in [1.807, 2.05) is 0 Å². The molecule has 0 aliphatic rings. The highest BCUT2D eigenvalue weighted by molar-refractivity contribution is 5.50. The third-order valence-corrected chi connectivity index (χ3v) is 2.78. The van der Waals surface area contributed by atoms with Crippen LogP contribution in [0.15, 0.2) is 18.2 Å². The van der Waals surface area contributed by atoms with Crippen LogP contribution in [0, 0.1) is 17.1 Å². The number of rotatable bonds is 5. The maximum atomic E-state index is 13.3. The predicted octanol–water partition coefficient (Wildman–Crippen LogP) is 1.24. The van der Waals surface area contributed by atoms with E-state index in [1.165, 1.54) is 18.2 Å². The molecule has 0 aliphatic carbocycles. The van der Waals surface area contributed by atoms with E-state index in [4.69, 9.17) is 5.26 Å². The molecule has 0 aromatic heterocycles. The van der Waals surface area contributed by atoms with Crippen LogP contribution in [-0.4, -0.2) is 29.0 Å². The Hall–Kier alpha value is -1.64. The van der Waals surface area contributed by atoms with Gasteiger partial charge in [0.1, 0.15) is 11.9 Å². The molecule has 0 unspecified atom stereocenters. The van der Waals surface area contributed by atoms with Crippen LogP contribution in [0.2, 0.25) is 0 Å². The number of aliphatic hydroxyl groups is 2. The van der Waals surface area contributed by atoms with Gasteiger partial charge in [-0.3, -0.25) is 0 Å². The van der Waals surface area contributed by atoms with Gasteiger partial charge >= 0.3 is 0 Å². The van der Waals surface area contributed by atoms with Crippen LogP contribution in [0.1, 0.15) is 18.9 Å². The van der Waals surface area contributed by atoms with Gasteiger partial charge in [-0.05, 0) is 24.6 Å². The lowest BCUT2D eigenvalue weighted by molar-refractivity contribution is 0.132. The fraction of sp³-hybridized carbons (Fsp3) is 0.417. The number of nitrogens with zero attached hydrogens (tertiary/aromatic N) is 1. The van der Waals surface area contributed by atoms with E-state index >= 15 is 0 Å². The summed E-state index contributed by atoms with van der Waals surface area (Å²) in [6.45, 7) is 1.28. The summed E-state index contributed by atoms with van der Waals surface area (Å²) in [5, 5.41) is 30.0. The van der Waals surface area contributed by atoms with Gasteiger partial charge in [-0.2, -0.15) is 5.26 Å². The first-order valence-corrected chi connectivity index (χ1v) is 5.30. The van der Waals surface area contributed by atoms with Crippen molar-refractivity contribution < 1.29 is 14.6 Å². The number of aliphatic hydroxyl groups excluding tert-OH is 2. The van der Waals surface area contributed by atoms with Crippen LogP contribution in [0.3, 0.4) is 0 Å². The van der Waals surface area contributed by atoms with Crippen molar-refractivity contribution in [2.24, 2.45) is 0 Å². The third kappa shape index (κ3) is 2.93. The summed E-state index contributed by atoms with van der Waals surface area (Å²) >= 11 is 0. The van der Waals surface area contributed by atoms with Crippen molar-refractivity contribution >= 4 is 5.69 Å². The molecule has 0 aliphatic heterocycles. The highest BCUT2D eigenvalue weighted by Gasteiger charge is 2.26. The van der Waals surface area contributed by atoms with E-state index in [0.717, 1.165) is 0 Å². The predicted molar refractivity (Wildman–Crippen MR) is 61.9 cm³/mol. The molecule has 0 saturated heterocycles. The summed E-state index contributed by atoms with van der Waals surface area (Å²) in [7, 11) is 0. The molecular formula is C12H15FN2O2. The van der Waals surface area contributed by atoms with Crippen LogP contribution < -0.4 is 5.32 Å². The summed E-state index contributed by atoms with van der Waals surface area (Å²) in [5.41, 5.74) is -0.488. The first-order valence-electron chi connectivity index (χ1n) is 5.30. The van der Waals surface area contributed by atoms with Crippen molar-refractivity contribution in [2.75, 3.05) is 18.5 Å². The Bertz CT molecular complexity index is 417. The Balaban J connectivity index is 2.95. The minimum Gasteiger partial charge on any atom is -0.394 e. The fourth-order valence-electron chi connectivity index (χ4n) is 1.43. The molecule has 3 N–H and O–H groups in total. The van der Waals surface area contributed by atoms with E-state index in [0.29, 0.717) is 12.1 Å². The highest BCUT2D eigenvalue weighted by Crippen LogP contribution is 2.20. The van der Waals surface area contributed by atoms with Crippen LogP contribution >= 0.6 is 0 Å². The number of benzene rings is 1. The summed E-state index contributed by atoms with van der Waals surface area (Å²) in [6.07, 6.45) is 0.488. The van der Waals surface area contributed by atoms with Gasteiger partial charge < -0.3 is 15.5 Å². The quantitative estimate of drug-likeness (QED) is 0.721. The standard InChI is InChI=1S/C12H15FN2O2/c1-2-12(7-16,8-17)15-10-4-3-9(6-14)11(13)5-10/h3-5,15-17H,2,7-8H2,1H3. The first-order chi connectivity index (χ1) is 8.10. The lowest BCUT2D eigenvalue weighted by atomic mass is 9.98. The molecule has 4 nitrogen and oxygen atoms in total. The van der Waals surface area contributed by atoms with E-state index in [2.05, 4.69) is 5.32 Å². The van der Waals surface area contributed by atoms with Gasteiger partial charge in [0.05, 0.1) is 24.3 Å². The maximum Gasteiger partial charge on any atom is 0.143 e. The Kier molecular flexibility index (Phi) is 4.44.